The van der Waals surface area contributed by atoms with Crippen LogP contribution in [0.5, 0.6) is 0 Å². The highest BCUT2D eigenvalue weighted by molar-refractivity contribution is 6.33. The fourth-order valence-corrected chi connectivity index (χ4v) is 4.82. The van der Waals surface area contributed by atoms with Crippen molar-refractivity contribution in [2.75, 3.05) is 25.1 Å². The van der Waals surface area contributed by atoms with E-state index in [1.54, 1.807) is 6.20 Å². The molecule has 2 aromatic rings. The van der Waals surface area contributed by atoms with Gasteiger partial charge in [-0.3, -0.25) is 9.59 Å². The van der Waals surface area contributed by atoms with Gasteiger partial charge in [0.1, 0.15) is 5.02 Å². The second-order valence-electron chi connectivity index (χ2n) is 7.41. The first-order valence-electron chi connectivity index (χ1n) is 9.18. The number of methoxy groups -OCH3 is 1. The van der Waals surface area contributed by atoms with Crippen molar-refractivity contribution in [3.63, 3.8) is 0 Å². The monoisotopic (exact) mass is 387 g/mol. The van der Waals surface area contributed by atoms with Crippen molar-refractivity contribution in [3.05, 3.63) is 57.5 Å². The van der Waals surface area contributed by atoms with Crippen LogP contribution in [0.1, 0.15) is 24.8 Å². The number of aromatic nitrogens is 2. The van der Waals surface area contributed by atoms with Crippen LogP contribution in [0.3, 0.4) is 0 Å². The number of rotatable bonds is 4. The molecule has 2 fully saturated rings. The van der Waals surface area contributed by atoms with Gasteiger partial charge in [-0.25, -0.2) is 4.68 Å². The van der Waals surface area contributed by atoms with Crippen LogP contribution in [-0.2, 0) is 16.1 Å². The Labute approximate surface area is 162 Å². The van der Waals surface area contributed by atoms with Gasteiger partial charge in [-0.15, -0.1) is 0 Å². The molecule has 2 aliphatic rings. The van der Waals surface area contributed by atoms with E-state index in [1.807, 2.05) is 35.2 Å². The largest absolute Gasteiger partial charge is 0.469 e. The molecular weight excluding hydrogens is 366 g/mol. The summed E-state index contributed by atoms with van der Waals surface area (Å²) in [6.07, 6.45) is 4.47. The summed E-state index contributed by atoms with van der Waals surface area (Å²) < 4.78 is 6.45. The van der Waals surface area contributed by atoms with Gasteiger partial charge in [0, 0.05) is 13.1 Å². The Morgan fingerprint density at radius 3 is 2.89 bits per heavy atom. The van der Waals surface area contributed by atoms with E-state index in [-0.39, 0.29) is 22.5 Å². The first-order valence-corrected chi connectivity index (χ1v) is 9.56. The molecule has 2 unspecified atom stereocenters. The van der Waals surface area contributed by atoms with Crippen LogP contribution >= 0.6 is 11.6 Å². The minimum Gasteiger partial charge on any atom is -0.469 e. The number of carbonyl (C=O) groups excluding carboxylic acids is 1. The van der Waals surface area contributed by atoms with Gasteiger partial charge >= 0.3 is 5.97 Å². The molecule has 1 aromatic heterocycles. The lowest BCUT2D eigenvalue weighted by Gasteiger charge is -2.26. The Hall–Kier alpha value is -2.34. The summed E-state index contributed by atoms with van der Waals surface area (Å²) in [5.41, 5.74) is 0.777. The van der Waals surface area contributed by atoms with E-state index in [4.69, 9.17) is 16.3 Å². The van der Waals surface area contributed by atoms with Crippen LogP contribution in [-0.4, -0.2) is 35.9 Å². The van der Waals surface area contributed by atoms with Crippen molar-refractivity contribution in [2.45, 2.75) is 25.8 Å². The van der Waals surface area contributed by atoms with E-state index < -0.39 is 5.41 Å². The molecule has 142 valence electrons. The predicted octanol–water partition coefficient (Wildman–Crippen LogP) is 2.72. The molecule has 1 saturated heterocycles. The first-order chi connectivity index (χ1) is 13.0. The zero-order valence-corrected chi connectivity index (χ0v) is 16.0. The van der Waals surface area contributed by atoms with Crippen LogP contribution < -0.4 is 10.5 Å². The summed E-state index contributed by atoms with van der Waals surface area (Å²) >= 11 is 6.43. The van der Waals surface area contributed by atoms with Crippen LogP contribution in [0.2, 0.25) is 5.02 Å². The zero-order valence-electron chi connectivity index (χ0n) is 15.2. The van der Waals surface area contributed by atoms with Gasteiger partial charge in [0.15, 0.2) is 0 Å². The average molecular weight is 388 g/mol. The third-order valence-corrected chi connectivity index (χ3v) is 6.30. The lowest BCUT2D eigenvalue weighted by Crippen LogP contribution is -2.37. The lowest BCUT2D eigenvalue weighted by molar-refractivity contribution is -0.152. The van der Waals surface area contributed by atoms with Gasteiger partial charge in [0.2, 0.25) is 0 Å². The molecule has 2 heterocycles. The molecule has 1 aliphatic heterocycles. The first kappa shape index (κ1) is 18.0. The van der Waals surface area contributed by atoms with Crippen molar-refractivity contribution in [3.8, 4) is 0 Å². The molecule has 27 heavy (non-hydrogen) atoms. The fourth-order valence-electron chi connectivity index (χ4n) is 4.56. The van der Waals surface area contributed by atoms with Crippen LogP contribution in [0.15, 0.2) is 41.3 Å². The fraction of sp³-hybridized carbons (Fsp3) is 0.450. The number of carbonyl (C=O) groups is 1. The molecule has 0 radical (unpaired) electrons. The van der Waals surface area contributed by atoms with Gasteiger partial charge in [0.05, 0.1) is 31.0 Å². The molecular formula is C20H22ClN3O3. The number of hydrogen-bond acceptors (Lipinski definition) is 5. The van der Waals surface area contributed by atoms with Crippen molar-refractivity contribution >= 4 is 23.3 Å². The Morgan fingerprint density at radius 1 is 1.37 bits per heavy atom. The third-order valence-electron chi connectivity index (χ3n) is 5.94. The van der Waals surface area contributed by atoms with Crippen LogP contribution in [0.25, 0.3) is 0 Å². The molecule has 0 amide bonds. The molecule has 0 N–H and O–H groups in total. The standard InChI is InChI=1S/C20H22ClN3O3/c1-27-19(26)20-9-5-8-15(20)12-23(13-20)16-10-22-24(18(25)17(16)21)11-14-6-3-2-4-7-14/h2-4,6-7,10,15H,5,8-9,11-13H2,1H3. The SMILES string of the molecule is COC(=O)C12CCCC1CN(c1cnn(Cc3ccccc3)c(=O)c1Cl)C2. The number of esters is 1. The van der Waals surface area contributed by atoms with Crippen LogP contribution in [0.4, 0.5) is 5.69 Å². The van der Waals surface area contributed by atoms with E-state index in [0.29, 0.717) is 25.3 Å². The number of hydrogen-bond donors (Lipinski definition) is 0. The Bertz CT molecular complexity index is 914. The zero-order chi connectivity index (χ0) is 19.0. The average Bonchev–Trinajstić information content (AvgIpc) is 3.24. The minimum absolute atomic E-state index is 0.154. The van der Waals surface area contributed by atoms with Crippen molar-refractivity contribution < 1.29 is 9.53 Å². The molecule has 7 heteroatoms. The quantitative estimate of drug-likeness (QED) is 0.755. The van der Waals surface area contributed by atoms with E-state index in [2.05, 4.69) is 5.10 Å². The number of benzene rings is 1. The summed E-state index contributed by atoms with van der Waals surface area (Å²) in [7, 11) is 1.44. The number of halogens is 1. The van der Waals surface area contributed by atoms with E-state index in [9.17, 15) is 9.59 Å². The Morgan fingerprint density at radius 2 is 2.15 bits per heavy atom. The molecule has 0 bridgehead atoms. The molecule has 4 rings (SSSR count). The highest BCUT2D eigenvalue weighted by Crippen LogP contribution is 2.50. The van der Waals surface area contributed by atoms with Gasteiger partial charge in [-0.05, 0) is 24.3 Å². The summed E-state index contributed by atoms with van der Waals surface area (Å²) in [6.45, 7) is 1.58. The highest BCUT2D eigenvalue weighted by atomic mass is 35.5. The van der Waals surface area contributed by atoms with Gasteiger partial charge in [-0.1, -0.05) is 48.4 Å². The lowest BCUT2D eigenvalue weighted by atomic mass is 9.81. The van der Waals surface area contributed by atoms with Crippen molar-refractivity contribution in [1.82, 2.24) is 9.78 Å². The summed E-state index contributed by atoms with van der Waals surface area (Å²) in [4.78, 5) is 27.2. The Kier molecular flexibility index (Phi) is 4.68. The van der Waals surface area contributed by atoms with Crippen molar-refractivity contribution in [2.24, 2.45) is 11.3 Å². The number of nitrogens with zero attached hydrogens (tertiary/aromatic N) is 3. The molecule has 0 spiro atoms. The maximum absolute atomic E-state index is 12.7. The van der Waals surface area contributed by atoms with Gasteiger partial charge < -0.3 is 9.64 Å². The van der Waals surface area contributed by atoms with E-state index in [0.717, 1.165) is 24.8 Å². The number of anilines is 1. The van der Waals surface area contributed by atoms with Crippen molar-refractivity contribution in [1.29, 1.82) is 0 Å². The highest BCUT2D eigenvalue weighted by Gasteiger charge is 2.55. The number of fused-ring (bicyclic) bond motifs is 1. The van der Waals surface area contributed by atoms with E-state index >= 15 is 0 Å². The molecule has 2 atom stereocenters. The van der Waals surface area contributed by atoms with Gasteiger partial charge in [0.25, 0.3) is 5.56 Å². The van der Waals surface area contributed by atoms with Crippen LogP contribution in [0, 0.1) is 11.3 Å². The maximum Gasteiger partial charge on any atom is 0.313 e. The second-order valence-corrected chi connectivity index (χ2v) is 7.79. The molecule has 1 aliphatic carbocycles. The van der Waals surface area contributed by atoms with Gasteiger partial charge in [-0.2, -0.15) is 5.10 Å². The summed E-state index contributed by atoms with van der Waals surface area (Å²) in [5, 5.41) is 4.48. The van der Waals surface area contributed by atoms with E-state index in [1.165, 1.54) is 11.8 Å². The smallest absolute Gasteiger partial charge is 0.313 e. The third kappa shape index (κ3) is 3.02. The molecule has 6 nitrogen and oxygen atoms in total. The maximum atomic E-state index is 12.7. The summed E-state index contributed by atoms with van der Waals surface area (Å²) in [5.74, 6) is 0.0711. The summed E-state index contributed by atoms with van der Waals surface area (Å²) in [6, 6.07) is 9.66. The number of ether oxygens (including phenoxy) is 1. The molecule has 1 saturated carbocycles. The Balaban J connectivity index is 1.61. The normalized spacial score (nSPS) is 24.1. The predicted molar refractivity (Wildman–Crippen MR) is 103 cm³/mol. The topological polar surface area (TPSA) is 64.4 Å². The molecule has 1 aromatic carbocycles. The second kappa shape index (κ2) is 7.00. The minimum atomic E-state index is -0.489.